The molecule has 1 aliphatic rings. The molecule has 1 aromatic rings. The molecule has 2 heterocycles. The van der Waals surface area contributed by atoms with Gasteiger partial charge in [0.05, 0.1) is 12.2 Å². The minimum absolute atomic E-state index is 0. The Labute approximate surface area is 120 Å². The maximum atomic E-state index is 4.71. The number of rotatable bonds is 4. The van der Waals surface area contributed by atoms with Gasteiger partial charge >= 0.3 is 0 Å². The highest BCUT2D eigenvalue weighted by Gasteiger charge is 2.22. The van der Waals surface area contributed by atoms with E-state index in [2.05, 4.69) is 36.4 Å². The summed E-state index contributed by atoms with van der Waals surface area (Å²) in [5.74, 6) is 0. The van der Waals surface area contributed by atoms with Gasteiger partial charge in [-0.2, -0.15) is 0 Å². The Bertz CT molecular complexity index is 356. The summed E-state index contributed by atoms with van der Waals surface area (Å²) in [5.41, 5.74) is 1.27. The molecule has 0 spiro atoms. The molecule has 0 amide bonds. The first-order valence-electron chi connectivity index (χ1n) is 6.59. The number of hydrogen-bond donors (Lipinski definition) is 1. The molecule has 5 heteroatoms. The van der Waals surface area contributed by atoms with Crippen molar-refractivity contribution in [2.75, 3.05) is 13.1 Å². The van der Waals surface area contributed by atoms with E-state index in [-0.39, 0.29) is 12.4 Å². The van der Waals surface area contributed by atoms with Gasteiger partial charge in [-0.3, -0.25) is 4.90 Å². The van der Waals surface area contributed by atoms with Gasteiger partial charge in [0, 0.05) is 30.6 Å². The Balaban J connectivity index is 0.00000162. The Morgan fingerprint density at radius 2 is 2.28 bits per heavy atom. The van der Waals surface area contributed by atoms with Crippen LogP contribution in [-0.4, -0.2) is 35.1 Å². The summed E-state index contributed by atoms with van der Waals surface area (Å²) in [5, 5.41) is 7.00. The first-order chi connectivity index (χ1) is 8.19. The number of nitrogens with zero attached hydrogens (tertiary/aromatic N) is 2. The van der Waals surface area contributed by atoms with E-state index in [9.17, 15) is 0 Å². The topological polar surface area (TPSA) is 28.2 Å². The van der Waals surface area contributed by atoms with Crippen molar-refractivity contribution in [2.45, 2.75) is 52.2 Å². The van der Waals surface area contributed by atoms with Crippen LogP contribution >= 0.6 is 23.7 Å². The summed E-state index contributed by atoms with van der Waals surface area (Å²) < 4.78 is 0. The number of aryl methyl sites for hydroxylation is 1. The van der Waals surface area contributed by atoms with E-state index in [1.54, 1.807) is 0 Å². The van der Waals surface area contributed by atoms with Crippen molar-refractivity contribution in [2.24, 2.45) is 0 Å². The summed E-state index contributed by atoms with van der Waals surface area (Å²) >= 11 is 1.81. The second-order valence-electron chi connectivity index (χ2n) is 5.07. The van der Waals surface area contributed by atoms with E-state index < -0.39 is 0 Å². The summed E-state index contributed by atoms with van der Waals surface area (Å²) in [4.78, 5) is 7.25. The molecule has 0 bridgehead atoms. The summed E-state index contributed by atoms with van der Waals surface area (Å²) in [6.45, 7) is 9.99. The lowest BCUT2D eigenvalue weighted by Gasteiger charge is -2.36. The van der Waals surface area contributed by atoms with Crippen molar-refractivity contribution in [3.63, 3.8) is 0 Å². The number of hydrogen-bond acceptors (Lipinski definition) is 4. The fourth-order valence-corrected chi connectivity index (χ4v) is 3.14. The molecule has 18 heavy (non-hydrogen) atoms. The van der Waals surface area contributed by atoms with Crippen molar-refractivity contribution in [3.8, 4) is 0 Å². The number of halogens is 1. The quantitative estimate of drug-likeness (QED) is 0.924. The Kier molecular flexibility index (Phi) is 6.57. The third-order valence-electron chi connectivity index (χ3n) is 3.34. The molecule has 2 atom stereocenters. The zero-order valence-electron chi connectivity index (χ0n) is 11.5. The first-order valence-corrected chi connectivity index (χ1v) is 7.47. The summed E-state index contributed by atoms with van der Waals surface area (Å²) in [6, 6.07) is 1.21. The van der Waals surface area contributed by atoms with Crippen LogP contribution in [0.15, 0.2) is 5.38 Å². The second-order valence-corrected chi connectivity index (χ2v) is 6.01. The zero-order valence-corrected chi connectivity index (χ0v) is 13.1. The maximum Gasteiger partial charge on any atom is 0.107 e. The monoisotopic (exact) mass is 289 g/mol. The molecule has 1 aliphatic heterocycles. The van der Waals surface area contributed by atoms with E-state index in [1.807, 2.05) is 11.3 Å². The van der Waals surface area contributed by atoms with Gasteiger partial charge in [-0.1, -0.05) is 13.3 Å². The minimum Gasteiger partial charge on any atom is -0.311 e. The van der Waals surface area contributed by atoms with Gasteiger partial charge in [-0.25, -0.2) is 4.98 Å². The largest absolute Gasteiger partial charge is 0.311 e. The summed E-state index contributed by atoms with van der Waals surface area (Å²) in [7, 11) is 0. The van der Waals surface area contributed by atoms with Crippen LogP contribution in [0.3, 0.4) is 0 Å². The third kappa shape index (κ3) is 4.19. The highest BCUT2D eigenvalue weighted by atomic mass is 35.5. The van der Waals surface area contributed by atoms with Crippen LogP contribution in [0.4, 0.5) is 0 Å². The molecule has 1 fully saturated rings. The lowest BCUT2D eigenvalue weighted by atomic mass is 10.1. The van der Waals surface area contributed by atoms with Crippen LogP contribution in [0.5, 0.6) is 0 Å². The van der Waals surface area contributed by atoms with Gasteiger partial charge in [0.15, 0.2) is 0 Å². The highest BCUT2D eigenvalue weighted by molar-refractivity contribution is 7.09. The second kappa shape index (κ2) is 7.43. The number of aromatic nitrogens is 1. The smallest absolute Gasteiger partial charge is 0.107 e. The van der Waals surface area contributed by atoms with Crippen LogP contribution in [-0.2, 0) is 13.0 Å². The van der Waals surface area contributed by atoms with Crippen molar-refractivity contribution in [3.05, 3.63) is 16.1 Å². The van der Waals surface area contributed by atoms with Crippen LogP contribution in [0, 0.1) is 0 Å². The number of thiazole rings is 1. The number of piperazine rings is 1. The molecule has 0 radical (unpaired) electrons. The van der Waals surface area contributed by atoms with Gasteiger partial charge < -0.3 is 5.32 Å². The average molecular weight is 290 g/mol. The van der Waals surface area contributed by atoms with Gasteiger partial charge in [0.2, 0.25) is 0 Å². The number of nitrogens with one attached hydrogen (secondary N) is 1. The third-order valence-corrected chi connectivity index (χ3v) is 4.22. The van der Waals surface area contributed by atoms with Crippen LogP contribution in [0.25, 0.3) is 0 Å². The van der Waals surface area contributed by atoms with Crippen molar-refractivity contribution in [1.82, 2.24) is 15.2 Å². The van der Waals surface area contributed by atoms with E-state index in [1.165, 1.54) is 17.1 Å². The van der Waals surface area contributed by atoms with E-state index >= 15 is 0 Å². The lowest BCUT2D eigenvalue weighted by molar-refractivity contribution is 0.138. The van der Waals surface area contributed by atoms with Gasteiger partial charge in [-0.15, -0.1) is 23.7 Å². The van der Waals surface area contributed by atoms with Gasteiger partial charge in [-0.05, 0) is 20.3 Å². The molecule has 104 valence electrons. The molecule has 1 aromatic heterocycles. The predicted molar refractivity (Wildman–Crippen MR) is 80.7 cm³/mol. The van der Waals surface area contributed by atoms with Gasteiger partial charge in [0.1, 0.15) is 5.01 Å². The molecule has 0 aromatic carbocycles. The Morgan fingerprint density at radius 1 is 1.50 bits per heavy atom. The van der Waals surface area contributed by atoms with Crippen LogP contribution in [0.2, 0.25) is 0 Å². The molecule has 0 aliphatic carbocycles. The van der Waals surface area contributed by atoms with E-state index in [4.69, 9.17) is 4.98 Å². The molecule has 0 saturated carbocycles. The van der Waals surface area contributed by atoms with Crippen molar-refractivity contribution in [1.29, 1.82) is 0 Å². The minimum atomic E-state index is 0. The van der Waals surface area contributed by atoms with Crippen molar-refractivity contribution < 1.29 is 0 Å². The zero-order chi connectivity index (χ0) is 12.3. The van der Waals surface area contributed by atoms with Gasteiger partial charge in [0.25, 0.3) is 0 Å². The SMILES string of the molecule is CCCc1csc(CN2CC(C)NCC2C)n1.Cl. The molecule has 2 rings (SSSR count). The molecule has 2 unspecified atom stereocenters. The molecular formula is C13H24ClN3S. The van der Waals surface area contributed by atoms with E-state index in [0.29, 0.717) is 12.1 Å². The molecule has 3 nitrogen and oxygen atoms in total. The lowest BCUT2D eigenvalue weighted by Crippen LogP contribution is -2.53. The first kappa shape index (κ1) is 15.9. The fraction of sp³-hybridized carbons (Fsp3) is 0.769. The van der Waals surface area contributed by atoms with Crippen LogP contribution < -0.4 is 5.32 Å². The highest BCUT2D eigenvalue weighted by Crippen LogP contribution is 2.16. The standard InChI is InChI=1S/C13H23N3S.ClH/c1-4-5-12-9-17-13(15-12)8-16-7-10(2)14-6-11(16)3;/h9-11,14H,4-8H2,1-3H3;1H. The molecule has 1 saturated heterocycles. The average Bonchev–Trinajstić information content (AvgIpc) is 2.72. The fourth-order valence-electron chi connectivity index (χ4n) is 2.28. The summed E-state index contributed by atoms with van der Waals surface area (Å²) in [6.07, 6.45) is 2.30. The molecule has 1 N–H and O–H groups in total. The Hall–Kier alpha value is -0.160. The van der Waals surface area contributed by atoms with E-state index in [0.717, 1.165) is 26.1 Å². The predicted octanol–water partition coefficient (Wildman–Crippen LogP) is 2.70. The molecular weight excluding hydrogens is 266 g/mol. The maximum absolute atomic E-state index is 4.71. The van der Waals surface area contributed by atoms with Crippen LogP contribution in [0.1, 0.15) is 37.9 Å². The van der Waals surface area contributed by atoms with Crippen molar-refractivity contribution >= 4 is 23.7 Å². The normalized spacial score (nSPS) is 24.8. The Morgan fingerprint density at radius 3 is 3.00 bits per heavy atom.